The number of anilines is 1. The van der Waals surface area contributed by atoms with Crippen molar-refractivity contribution in [3.8, 4) is 0 Å². The number of halogens is 3. The van der Waals surface area contributed by atoms with Crippen molar-refractivity contribution in [3.63, 3.8) is 0 Å². The molecule has 1 N–H and O–H groups in total. The maximum absolute atomic E-state index is 13.5. The number of nitrogens with zero attached hydrogens (tertiary/aromatic N) is 2. The van der Waals surface area contributed by atoms with E-state index in [1.807, 2.05) is 0 Å². The molecular weight excluding hydrogens is 273 g/mol. The van der Waals surface area contributed by atoms with Crippen molar-refractivity contribution in [3.05, 3.63) is 17.9 Å². The van der Waals surface area contributed by atoms with E-state index in [0.717, 1.165) is 6.42 Å². The number of alkyl halides is 3. The van der Waals surface area contributed by atoms with Crippen molar-refractivity contribution in [2.45, 2.75) is 44.5 Å². The standard InChI is InChI=1S/C13H15F3N2O2/c1-8-6-7-11(20-8)18-12(19,13(14,15)16)9-4-2-3-5-10(9)17-18/h6-7,9,19H,2-5H2,1H3/t9-,12-/m0/s1. The van der Waals surface area contributed by atoms with Crippen LogP contribution >= 0.6 is 0 Å². The van der Waals surface area contributed by atoms with Gasteiger partial charge in [-0.15, -0.1) is 0 Å². The molecule has 1 aliphatic heterocycles. The van der Waals surface area contributed by atoms with Gasteiger partial charge in [0.05, 0.1) is 5.92 Å². The first-order valence-corrected chi connectivity index (χ1v) is 6.57. The molecule has 2 aliphatic rings. The molecule has 1 aliphatic carbocycles. The first-order valence-electron chi connectivity index (χ1n) is 6.57. The predicted octanol–water partition coefficient (Wildman–Crippen LogP) is 3.21. The molecule has 2 heterocycles. The third kappa shape index (κ3) is 1.76. The minimum atomic E-state index is -4.80. The number of hydrogen-bond acceptors (Lipinski definition) is 4. The van der Waals surface area contributed by atoms with Crippen molar-refractivity contribution in [1.29, 1.82) is 0 Å². The second-order valence-electron chi connectivity index (χ2n) is 5.31. The lowest BCUT2D eigenvalue weighted by Gasteiger charge is -2.38. The minimum absolute atomic E-state index is 0.0794. The summed E-state index contributed by atoms with van der Waals surface area (Å²) in [5.74, 6) is -0.620. The highest BCUT2D eigenvalue weighted by molar-refractivity contribution is 5.92. The van der Waals surface area contributed by atoms with Gasteiger partial charge in [-0.25, -0.2) is 0 Å². The minimum Gasteiger partial charge on any atom is -0.444 e. The van der Waals surface area contributed by atoms with E-state index in [4.69, 9.17) is 4.42 Å². The quantitative estimate of drug-likeness (QED) is 0.863. The van der Waals surface area contributed by atoms with Crippen LogP contribution in [0.1, 0.15) is 31.4 Å². The van der Waals surface area contributed by atoms with Crippen LogP contribution in [0.25, 0.3) is 0 Å². The fraction of sp³-hybridized carbons (Fsp3) is 0.615. The van der Waals surface area contributed by atoms with Gasteiger partial charge in [-0.2, -0.15) is 23.3 Å². The van der Waals surface area contributed by atoms with Crippen molar-refractivity contribution in [2.24, 2.45) is 11.0 Å². The first kappa shape index (κ1) is 13.5. The number of hydrogen-bond donors (Lipinski definition) is 1. The van der Waals surface area contributed by atoms with E-state index in [0.29, 0.717) is 29.3 Å². The summed E-state index contributed by atoms with van der Waals surface area (Å²) in [6.45, 7) is 1.63. The molecule has 1 aromatic rings. The maximum Gasteiger partial charge on any atom is 0.439 e. The Morgan fingerprint density at radius 1 is 1.40 bits per heavy atom. The lowest BCUT2D eigenvalue weighted by Crippen LogP contribution is -2.60. The van der Waals surface area contributed by atoms with Crippen molar-refractivity contribution >= 4 is 11.6 Å². The summed E-state index contributed by atoms with van der Waals surface area (Å²) in [6, 6.07) is 2.95. The third-order valence-electron chi connectivity index (χ3n) is 3.97. The second-order valence-corrected chi connectivity index (χ2v) is 5.31. The van der Waals surface area contributed by atoms with Crippen LogP contribution in [0.15, 0.2) is 21.7 Å². The van der Waals surface area contributed by atoms with Gasteiger partial charge in [-0.05, 0) is 32.3 Å². The molecule has 1 saturated carbocycles. The molecule has 0 aromatic carbocycles. The smallest absolute Gasteiger partial charge is 0.439 e. The molecule has 1 fully saturated rings. The van der Waals surface area contributed by atoms with Crippen LogP contribution in [0.2, 0.25) is 0 Å². The number of aryl methyl sites for hydroxylation is 1. The summed E-state index contributed by atoms with van der Waals surface area (Å²) in [5.41, 5.74) is -2.60. The number of fused-ring (bicyclic) bond motifs is 1. The summed E-state index contributed by atoms with van der Waals surface area (Å²) >= 11 is 0. The highest BCUT2D eigenvalue weighted by Gasteiger charge is 2.67. The SMILES string of the molecule is Cc1ccc(N2N=C3CCCC[C@@H]3[C@]2(O)C(F)(F)F)o1. The van der Waals surface area contributed by atoms with Crippen molar-refractivity contribution in [2.75, 3.05) is 5.01 Å². The molecule has 0 bridgehead atoms. The third-order valence-corrected chi connectivity index (χ3v) is 3.97. The van der Waals surface area contributed by atoms with Crippen LogP contribution in [0.4, 0.5) is 19.1 Å². The lowest BCUT2D eigenvalue weighted by atomic mass is 9.80. The summed E-state index contributed by atoms with van der Waals surface area (Å²) in [5, 5.41) is 15.0. The van der Waals surface area contributed by atoms with E-state index >= 15 is 0 Å². The average Bonchev–Trinajstić information content (AvgIpc) is 2.92. The molecule has 2 atom stereocenters. The van der Waals surface area contributed by atoms with Gasteiger partial charge in [0.25, 0.3) is 5.72 Å². The molecule has 110 valence electrons. The lowest BCUT2D eigenvalue weighted by molar-refractivity contribution is -0.269. The second kappa shape index (κ2) is 4.25. The Kier molecular flexibility index (Phi) is 2.86. The molecule has 4 nitrogen and oxygen atoms in total. The number of furan rings is 1. The molecule has 1 aromatic heterocycles. The van der Waals surface area contributed by atoms with E-state index in [1.54, 1.807) is 13.0 Å². The van der Waals surface area contributed by atoms with Crippen LogP contribution in [0, 0.1) is 12.8 Å². The predicted molar refractivity (Wildman–Crippen MR) is 66.3 cm³/mol. The first-order chi connectivity index (χ1) is 9.34. The Hall–Kier alpha value is -1.50. The fourth-order valence-corrected chi connectivity index (χ4v) is 2.97. The molecule has 20 heavy (non-hydrogen) atoms. The average molecular weight is 288 g/mol. The van der Waals surface area contributed by atoms with E-state index in [9.17, 15) is 18.3 Å². The Bertz CT molecular complexity index is 552. The van der Waals surface area contributed by atoms with E-state index in [-0.39, 0.29) is 12.3 Å². The fourth-order valence-electron chi connectivity index (χ4n) is 2.97. The molecule has 0 unspecified atom stereocenters. The van der Waals surface area contributed by atoms with Crippen LogP contribution < -0.4 is 5.01 Å². The molecule has 0 saturated heterocycles. The van der Waals surface area contributed by atoms with Gasteiger partial charge in [-0.3, -0.25) is 0 Å². The van der Waals surface area contributed by atoms with Gasteiger partial charge in [0, 0.05) is 11.8 Å². The highest BCUT2D eigenvalue weighted by atomic mass is 19.4. The molecular formula is C13H15F3N2O2. The van der Waals surface area contributed by atoms with Gasteiger partial charge in [0.1, 0.15) is 5.76 Å². The van der Waals surface area contributed by atoms with Crippen molar-refractivity contribution < 1.29 is 22.7 Å². The summed E-state index contributed by atoms with van der Waals surface area (Å²) < 4.78 is 45.6. The molecule has 7 heteroatoms. The van der Waals surface area contributed by atoms with Gasteiger partial charge < -0.3 is 9.52 Å². The zero-order valence-corrected chi connectivity index (χ0v) is 10.9. The Morgan fingerprint density at radius 3 is 2.75 bits per heavy atom. The number of rotatable bonds is 1. The van der Waals surface area contributed by atoms with E-state index in [2.05, 4.69) is 5.10 Å². The van der Waals surface area contributed by atoms with Crippen LogP contribution in [-0.2, 0) is 0 Å². The largest absolute Gasteiger partial charge is 0.444 e. The summed E-state index contributed by atoms with van der Waals surface area (Å²) in [4.78, 5) is 0. The van der Waals surface area contributed by atoms with Gasteiger partial charge >= 0.3 is 6.18 Å². The van der Waals surface area contributed by atoms with E-state index in [1.165, 1.54) is 6.07 Å². The maximum atomic E-state index is 13.5. The van der Waals surface area contributed by atoms with Crippen molar-refractivity contribution in [1.82, 2.24) is 0 Å². The zero-order valence-electron chi connectivity index (χ0n) is 10.9. The van der Waals surface area contributed by atoms with Gasteiger partial charge in [-0.1, -0.05) is 6.42 Å². The van der Waals surface area contributed by atoms with Crippen LogP contribution in [-0.4, -0.2) is 22.7 Å². The number of hydrazone groups is 1. The molecule has 0 radical (unpaired) electrons. The Morgan fingerprint density at radius 2 is 2.15 bits per heavy atom. The Balaban J connectivity index is 2.08. The zero-order chi connectivity index (χ0) is 14.5. The summed E-state index contributed by atoms with van der Waals surface area (Å²) in [6.07, 6.45) is -2.58. The highest BCUT2D eigenvalue weighted by Crippen LogP contribution is 2.49. The summed E-state index contributed by atoms with van der Waals surface area (Å²) in [7, 11) is 0. The van der Waals surface area contributed by atoms with Crippen LogP contribution in [0.5, 0.6) is 0 Å². The molecule has 0 amide bonds. The number of aliphatic hydroxyl groups is 1. The van der Waals surface area contributed by atoms with Gasteiger partial charge in [0.15, 0.2) is 0 Å². The Labute approximate surface area is 113 Å². The molecule has 0 spiro atoms. The molecule has 3 rings (SSSR count). The topological polar surface area (TPSA) is 49.0 Å². The monoisotopic (exact) mass is 288 g/mol. The normalized spacial score (nSPS) is 30.4. The van der Waals surface area contributed by atoms with Gasteiger partial charge in [0.2, 0.25) is 5.88 Å². The van der Waals surface area contributed by atoms with Crippen LogP contribution in [0.3, 0.4) is 0 Å². The van der Waals surface area contributed by atoms with E-state index < -0.39 is 17.8 Å².